The molecule has 0 heterocycles. The molecule has 3 rings (SSSR count). The molecule has 2 aliphatic rings. The predicted octanol–water partition coefficient (Wildman–Crippen LogP) is 4.03. The van der Waals surface area contributed by atoms with E-state index in [1.165, 1.54) is 6.07 Å². The maximum Gasteiger partial charge on any atom is 0.387 e. The number of halogens is 2. The summed E-state index contributed by atoms with van der Waals surface area (Å²) in [4.78, 5) is 0.414. The van der Waals surface area contributed by atoms with Crippen LogP contribution in [0.1, 0.15) is 43.7 Å². The summed E-state index contributed by atoms with van der Waals surface area (Å²) in [5.74, 6) is 0.599. The number of rotatable bonds is 8. The molecule has 0 unspecified atom stereocenters. The molecule has 0 spiro atoms. The fraction of sp³-hybridized carbons (Fsp3) is 0.556. The first-order valence-electron chi connectivity index (χ1n) is 8.68. The van der Waals surface area contributed by atoms with E-state index in [1.54, 1.807) is 22.5 Å². The van der Waals surface area contributed by atoms with Gasteiger partial charge in [0.15, 0.2) is 0 Å². The van der Waals surface area contributed by atoms with E-state index < -0.39 is 16.6 Å². The zero-order valence-corrected chi connectivity index (χ0v) is 15.1. The van der Waals surface area contributed by atoms with Crippen LogP contribution in [0.4, 0.5) is 8.78 Å². The van der Waals surface area contributed by atoms with Crippen molar-refractivity contribution in [3.05, 3.63) is 34.2 Å². The van der Waals surface area contributed by atoms with Gasteiger partial charge in [-0.1, -0.05) is 13.0 Å². The molecule has 1 fully saturated rings. The van der Waals surface area contributed by atoms with Crippen LogP contribution in [0.25, 0.3) is 6.08 Å². The van der Waals surface area contributed by atoms with Crippen LogP contribution in [0, 0.1) is 5.92 Å². The average molecular weight is 371 g/mol. The number of fused-ring (bicyclic) bond motifs is 1. The van der Waals surface area contributed by atoms with Crippen LogP contribution in [-0.2, 0) is 16.4 Å². The van der Waals surface area contributed by atoms with E-state index in [-0.39, 0.29) is 5.75 Å². The van der Waals surface area contributed by atoms with Crippen LogP contribution >= 0.6 is 0 Å². The molecule has 7 heteroatoms. The molecule has 0 radical (unpaired) electrons. The van der Waals surface area contributed by atoms with E-state index in [1.807, 2.05) is 6.92 Å². The molecule has 1 aromatic rings. The Hall–Kier alpha value is -1.47. The van der Waals surface area contributed by atoms with Gasteiger partial charge in [-0.3, -0.25) is 0 Å². The molecule has 0 saturated heterocycles. The van der Waals surface area contributed by atoms with Gasteiger partial charge < -0.3 is 4.74 Å². The van der Waals surface area contributed by atoms with Crippen molar-refractivity contribution in [2.24, 2.45) is 5.92 Å². The Morgan fingerprint density at radius 3 is 2.68 bits per heavy atom. The summed E-state index contributed by atoms with van der Waals surface area (Å²) < 4.78 is 56.7. The second-order valence-electron chi connectivity index (χ2n) is 6.66. The molecule has 0 bridgehead atoms. The Morgan fingerprint density at radius 1 is 1.28 bits per heavy atom. The Balaban J connectivity index is 1.83. The van der Waals surface area contributed by atoms with E-state index >= 15 is 0 Å². The van der Waals surface area contributed by atoms with Gasteiger partial charge in [-0.05, 0) is 67.4 Å². The summed E-state index contributed by atoms with van der Waals surface area (Å²) >= 11 is 0. The molecule has 1 aromatic carbocycles. The summed E-state index contributed by atoms with van der Waals surface area (Å²) in [6.07, 6.45) is 5.55. The first kappa shape index (κ1) is 18.3. The Morgan fingerprint density at radius 2 is 2.04 bits per heavy atom. The smallest absolute Gasteiger partial charge is 0.387 e. The minimum Gasteiger partial charge on any atom is -0.435 e. The lowest BCUT2D eigenvalue weighted by Gasteiger charge is -2.25. The van der Waals surface area contributed by atoms with Crippen molar-refractivity contribution in [1.82, 2.24) is 4.31 Å². The first-order valence-corrected chi connectivity index (χ1v) is 10.1. The summed E-state index contributed by atoms with van der Waals surface area (Å²) in [5, 5.41) is 0. The zero-order valence-electron chi connectivity index (χ0n) is 14.2. The van der Waals surface area contributed by atoms with Gasteiger partial charge in [-0.15, -0.1) is 0 Å². The Labute approximate surface area is 147 Å². The number of hydrogen-bond donors (Lipinski definition) is 0. The van der Waals surface area contributed by atoms with Crippen LogP contribution in [0.3, 0.4) is 0 Å². The molecule has 0 aromatic heterocycles. The molecule has 0 atom stereocenters. The highest BCUT2D eigenvalue weighted by atomic mass is 32.2. The number of aryl methyl sites for hydroxylation is 1. The maximum atomic E-state index is 13.0. The number of alkyl halides is 2. The normalized spacial score (nSPS) is 17.6. The third kappa shape index (κ3) is 4.39. The Kier molecular flexibility index (Phi) is 5.43. The molecule has 138 valence electrons. The molecule has 0 aliphatic heterocycles. The molecule has 0 N–H and O–H groups in total. The zero-order chi connectivity index (χ0) is 18.0. The number of ether oxygens (including phenoxy) is 1. The van der Waals surface area contributed by atoms with E-state index in [0.29, 0.717) is 36.8 Å². The highest BCUT2D eigenvalue weighted by Crippen LogP contribution is 2.35. The summed E-state index contributed by atoms with van der Waals surface area (Å²) in [7, 11) is -3.47. The van der Waals surface area contributed by atoms with Gasteiger partial charge >= 0.3 is 6.61 Å². The van der Waals surface area contributed by atoms with Crippen molar-refractivity contribution >= 4 is 16.1 Å². The minimum absolute atomic E-state index is 0.106. The SMILES string of the molecule is CCCN(CC1CC1)S(=O)(=O)C1=Cc2ccc(OC(F)F)cc2CC1. The lowest BCUT2D eigenvalue weighted by molar-refractivity contribution is -0.0498. The van der Waals surface area contributed by atoms with E-state index in [9.17, 15) is 17.2 Å². The molecule has 2 aliphatic carbocycles. The molecular formula is C18H23F2NO3S. The van der Waals surface area contributed by atoms with Crippen LogP contribution in [0.5, 0.6) is 5.75 Å². The van der Waals surface area contributed by atoms with Crippen molar-refractivity contribution in [2.45, 2.75) is 45.6 Å². The second kappa shape index (κ2) is 7.41. The third-order valence-corrected chi connectivity index (χ3v) is 6.60. The Bertz CT molecular complexity index is 758. The number of sulfonamides is 1. The highest BCUT2D eigenvalue weighted by Gasteiger charge is 2.33. The van der Waals surface area contributed by atoms with E-state index in [2.05, 4.69) is 4.74 Å². The summed E-state index contributed by atoms with van der Waals surface area (Å²) in [5.41, 5.74) is 1.59. The predicted molar refractivity (Wildman–Crippen MR) is 92.9 cm³/mol. The molecule has 1 saturated carbocycles. The van der Waals surface area contributed by atoms with Gasteiger partial charge in [0.1, 0.15) is 5.75 Å². The molecular weight excluding hydrogens is 348 g/mol. The number of hydrogen-bond acceptors (Lipinski definition) is 3. The van der Waals surface area contributed by atoms with Gasteiger partial charge in [0.2, 0.25) is 10.0 Å². The standard InChI is InChI=1S/C18H23F2NO3S/c1-2-9-21(12-13-3-4-13)25(22,23)17-8-6-14-10-16(24-18(19)20)7-5-15(14)11-17/h5,7,10-11,13,18H,2-4,6,8-9,12H2,1H3. The molecule has 4 nitrogen and oxygen atoms in total. The van der Waals surface area contributed by atoms with Crippen molar-refractivity contribution in [2.75, 3.05) is 13.1 Å². The fourth-order valence-corrected chi connectivity index (χ4v) is 4.93. The van der Waals surface area contributed by atoms with Crippen molar-refractivity contribution < 1.29 is 21.9 Å². The van der Waals surface area contributed by atoms with E-state index in [4.69, 9.17) is 0 Å². The van der Waals surface area contributed by atoms with Crippen LogP contribution in [-0.4, -0.2) is 32.4 Å². The van der Waals surface area contributed by atoms with E-state index in [0.717, 1.165) is 30.4 Å². The largest absolute Gasteiger partial charge is 0.435 e. The fourth-order valence-electron chi connectivity index (χ4n) is 3.14. The maximum absolute atomic E-state index is 13.0. The number of nitrogens with zero attached hydrogens (tertiary/aromatic N) is 1. The molecule has 0 amide bonds. The summed E-state index contributed by atoms with van der Waals surface area (Å²) in [6.45, 7) is 0.245. The van der Waals surface area contributed by atoms with Crippen molar-refractivity contribution in [1.29, 1.82) is 0 Å². The van der Waals surface area contributed by atoms with Crippen LogP contribution in [0.2, 0.25) is 0 Å². The van der Waals surface area contributed by atoms with Crippen LogP contribution < -0.4 is 4.74 Å². The highest BCUT2D eigenvalue weighted by molar-refractivity contribution is 7.93. The van der Waals surface area contributed by atoms with Crippen molar-refractivity contribution in [3.8, 4) is 5.75 Å². The van der Waals surface area contributed by atoms with Gasteiger partial charge in [-0.2, -0.15) is 13.1 Å². The number of benzene rings is 1. The summed E-state index contributed by atoms with van der Waals surface area (Å²) in [6, 6.07) is 4.66. The van der Waals surface area contributed by atoms with Gasteiger partial charge in [0.05, 0.1) is 4.91 Å². The quantitative estimate of drug-likeness (QED) is 0.693. The second-order valence-corrected chi connectivity index (χ2v) is 8.65. The van der Waals surface area contributed by atoms with Gasteiger partial charge in [0.25, 0.3) is 0 Å². The lowest BCUT2D eigenvalue weighted by Crippen LogP contribution is -2.35. The van der Waals surface area contributed by atoms with Crippen molar-refractivity contribution in [3.63, 3.8) is 0 Å². The van der Waals surface area contributed by atoms with Gasteiger partial charge in [-0.25, -0.2) is 8.42 Å². The lowest BCUT2D eigenvalue weighted by atomic mass is 9.97. The van der Waals surface area contributed by atoms with Gasteiger partial charge in [0, 0.05) is 13.1 Å². The topological polar surface area (TPSA) is 46.6 Å². The van der Waals surface area contributed by atoms with Crippen LogP contribution in [0.15, 0.2) is 23.1 Å². The first-order chi connectivity index (χ1) is 11.9. The minimum atomic E-state index is -3.47. The average Bonchev–Trinajstić information content (AvgIpc) is 3.37. The third-order valence-electron chi connectivity index (χ3n) is 4.60. The monoisotopic (exact) mass is 371 g/mol. The molecule has 25 heavy (non-hydrogen) atoms. The number of allylic oxidation sites excluding steroid dienone is 1.